The minimum absolute atomic E-state index is 0.00571. The number of aliphatic hydroxyl groups excluding tert-OH is 1. The maximum absolute atomic E-state index is 13.3. The van der Waals surface area contributed by atoms with Crippen molar-refractivity contribution in [2.45, 2.75) is 57.0 Å². The molecule has 0 fully saturated rings. The summed E-state index contributed by atoms with van der Waals surface area (Å²) in [5, 5.41) is 27.5. The second-order valence-electron chi connectivity index (χ2n) is 8.82. The number of hydrogen-bond acceptors (Lipinski definition) is 7. The summed E-state index contributed by atoms with van der Waals surface area (Å²) in [6.07, 6.45) is 3.27. The van der Waals surface area contributed by atoms with Crippen LogP contribution in [0.5, 0.6) is 0 Å². The lowest BCUT2D eigenvalue weighted by Crippen LogP contribution is -2.59. The highest BCUT2D eigenvalue weighted by molar-refractivity contribution is 5.95. The third kappa shape index (κ3) is 7.15. The predicted molar refractivity (Wildman–Crippen MR) is 133 cm³/mol. The third-order valence-electron chi connectivity index (χ3n) is 5.80. The van der Waals surface area contributed by atoms with E-state index < -0.39 is 54.0 Å². The van der Waals surface area contributed by atoms with Gasteiger partial charge in [-0.25, -0.2) is 9.78 Å². The van der Waals surface area contributed by atoms with Crippen molar-refractivity contribution >= 4 is 34.6 Å². The molecule has 0 aliphatic rings. The quantitative estimate of drug-likeness (QED) is 0.149. The molecule has 0 saturated carbocycles. The van der Waals surface area contributed by atoms with E-state index in [9.17, 15) is 29.4 Å². The van der Waals surface area contributed by atoms with Crippen LogP contribution in [0.4, 0.5) is 0 Å². The van der Waals surface area contributed by atoms with Crippen molar-refractivity contribution < 1.29 is 29.4 Å². The van der Waals surface area contributed by atoms with Crippen molar-refractivity contribution in [3.05, 3.63) is 54.2 Å². The first-order valence-corrected chi connectivity index (χ1v) is 11.7. The SMILES string of the molecule is CC(N)C(=O)NC(Cc1cnc[nH]1)C(=O)NC(Cc1c[nH]c2ccccc12)C(=O)NC(C(=O)O)C(C)O. The van der Waals surface area contributed by atoms with Crippen molar-refractivity contribution in [3.63, 3.8) is 0 Å². The van der Waals surface area contributed by atoms with Crippen LogP contribution in [0, 0.1) is 0 Å². The van der Waals surface area contributed by atoms with Crippen LogP contribution in [0.1, 0.15) is 25.1 Å². The molecule has 0 aliphatic heterocycles. The van der Waals surface area contributed by atoms with E-state index in [1.54, 1.807) is 6.20 Å². The summed E-state index contributed by atoms with van der Waals surface area (Å²) in [6.45, 7) is 2.70. The normalized spacial score (nSPS) is 15.2. The summed E-state index contributed by atoms with van der Waals surface area (Å²) in [6, 6.07) is 2.55. The zero-order valence-electron chi connectivity index (χ0n) is 20.4. The first-order chi connectivity index (χ1) is 17.6. The molecule has 9 N–H and O–H groups in total. The first kappa shape index (κ1) is 27.4. The van der Waals surface area contributed by atoms with Crippen LogP contribution in [0.3, 0.4) is 0 Å². The minimum Gasteiger partial charge on any atom is -0.480 e. The molecule has 2 aromatic heterocycles. The monoisotopic (exact) mass is 513 g/mol. The number of para-hydroxylation sites is 1. The van der Waals surface area contributed by atoms with Gasteiger partial charge in [0.05, 0.1) is 18.5 Å². The van der Waals surface area contributed by atoms with E-state index in [1.165, 1.54) is 26.4 Å². The van der Waals surface area contributed by atoms with Crippen LogP contribution >= 0.6 is 0 Å². The van der Waals surface area contributed by atoms with E-state index in [0.717, 1.165) is 10.9 Å². The average Bonchev–Trinajstić information content (AvgIpc) is 3.51. The summed E-state index contributed by atoms with van der Waals surface area (Å²) in [5.41, 5.74) is 7.72. The number of nitrogens with two attached hydrogens (primary N) is 1. The molecule has 5 atom stereocenters. The minimum atomic E-state index is -1.59. The third-order valence-corrected chi connectivity index (χ3v) is 5.80. The average molecular weight is 514 g/mol. The number of aliphatic hydroxyl groups is 1. The summed E-state index contributed by atoms with van der Waals surface area (Å²) in [4.78, 5) is 60.2. The summed E-state index contributed by atoms with van der Waals surface area (Å²) >= 11 is 0. The Balaban J connectivity index is 1.88. The molecular formula is C24H31N7O6. The summed E-state index contributed by atoms with van der Waals surface area (Å²) < 4.78 is 0. The Morgan fingerprint density at radius 2 is 1.62 bits per heavy atom. The van der Waals surface area contributed by atoms with Gasteiger partial charge in [-0.2, -0.15) is 0 Å². The molecule has 2 heterocycles. The van der Waals surface area contributed by atoms with Crippen molar-refractivity contribution in [1.82, 2.24) is 30.9 Å². The van der Waals surface area contributed by atoms with Gasteiger partial charge < -0.3 is 41.9 Å². The largest absolute Gasteiger partial charge is 0.480 e. The number of fused-ring (bicyclic) bond motifs is 1. The number of aromatic amines is 2. The van der Waals surface area contributed by atoms with Gasteiger partial charge in [-0.1, -0.05) is 18.2 Å². The van der Waals surface area contributed by atoms with Crippen LogP contribution in [-0.2, 0) is 32.0 Å². The number of H-pyrrole nitrogens is 2. The lowest BCUT2D eigenvalue weighted by molar-refractivity contribution is -0.145. The highest BCUT2D eigenvalue weighted by Crippen LogP contribution is 2.19. The van der Waals surface area contributed by atoms with Gasteiger partial charge >= 0.3 is 5.97 Å². The fraction of sp³-hybridized carbons (Fsp3) is 0.375. The molecule has 3 aromatic rings. The fourth-order valence-electron chi connectivity index (χ4n) is 3.77. The number of carboxylic acids is 1. The number of rotatable bonds is 12. The Kier molecular flexibility index (Phi) is 8.98. The van der Waals surface area contributed by atoms with E-state index >= 15 is 0 Å². The second-order valence-corrected chi connectivity index (χ2v) is 8.82. The van der Waals surface area contributed by atoms with Gasteiger partial charge in [-0.05, 0) is 25.5 Å². The number of aliphatic carboxylic acids is 1. The topological polar surface area (TPSA) is 215 Å². The van der Waals surface area contributed by atoms with Crippen molar-refractivity contribution in [2.75, 3.05) is 0 Å². The van der Waals surface area contributed by atoms with E-state index in [2.05, 4.69) is 30.9 Å². The Hall–Kier alpha value is -4.23. The van der Waals surface area contributed by atoms with E-state index in [4.69, 9.17) is 5.73 Å². The second kappa shape index (κ2) is 12.1. The highest BCUT2D eigenvalue weighted by Gasteiger charge is 2.32. The number of carbonyl (C=O) groups excluding carboxylic acids is 3. The Bertz CT molecular complexity index is 1240. The van der Waals surface area contributed by atoms with Crippen LogP contribution in [0.15, 0.2) is 43.0 Å². The number of hydrogen-bond donors (Lipinski definition) is 8. The Morgan fingerprint density at radius 3 is 2.24 bits per heavy atom. The Morgan fingerprint density at radius 1 is 0.973 bits per heavy atom. The number of imidazole rings is 1. The number of nitrogens with zero attached hydrogens (tertiary/aromatic N) is 1. The number of nitrogens with one attached hydrogen (secondary N) is 5. The molecule has 3 amide bonds. The zero-order valence-corrected chi connectivity index (χ0v) is 20.4. The maximum atomic E-state index is 13.3. The number of aromatic nitrogens is 3. The molecule has 0 aliphatic carbocycles. The van der Waals surface area contributed by atoms with Crippen LogP contribution in [0.2, 0.25) is 0 Å². The van der Waals surface area contributed by atoms with Gasteiger partial charge in [-0.3, -0.25) is 14.4 Å². The van der Waals surface area contributed by atoms with Gasteiger partial charge in [0.15, 0.2) is 6.04 Å². The predicted octanol–water partition coefficient (Wildman–Crippen LogP) is -1.06. The van der Waals surface area contributed by atoms with Gasteiger partial charge in [0.2, 0.25) is 17.7 Å². The van der Waals surface area contributed by atoms with Gasteiger partial charge in [-0.15, -0.1) is 0 Å². The molecule has 0 radical (unpaired) electrons. The molecule has 1 aromatic carbocycles. The summed E-state index contributed by atoms with van der Waals surface area (Å²) in [7, 11) is 0. The molecule has 5 unspecified atom stereocenters. The van der Waals surface area contributed by atoms with E-state index in [-0.39, 0.29) is 12.8 Å². The molecule has 3 rings (SSSR count). The first-order valence-electron chi connectivity index (χ1n) is 11.7. The molecule has 198 valence electrons. The molecule has 37 heavy (non-hydrogen) atoms. The smallest absolute Gasteiger partial charge is 0.328 e. The highest BCUT2D eigenvalue weighted by atomic mass is 16.4. The van der Waals surface area contributed by atoms with Gasteiger partial charge in [0.1, 0.15) is 12.1 Å². The molecule has 0 saturated heterocycles. The summed E-state index contributed by atoms with van der Waals surface area (Å²) in [5.74, 6) is -3.50. The van der Waals surface area contributed by atoms with Gasteiger partial charge in [0, 0.05) is 41.8 Å². The standard InChI is InChI=1S/C24H31N7O6/c1-12(25)21(33)29-19(8-15-10-26-11-28-15)22(34)30-18(23(35)31-20(13(2)32)24(36)37)7-14-9-27-17-6-4-3-5-16(14)17/h3-6,9-13,18-20,27,32H,7-8,25H2,1-2H3,(H,26,28)(H,29,33)(H,30,34)(H,31,35)(H,36,37). The molecule has 13 nitrogen and oxygen atoms in total. The lowest BCUT2D eigenvalue weighted by Gasteiger charge is -2.25. The molecule has 0 bridgehead atoms. The van der Waals surface area contributed by atoms with Crippen LogP contribution < -0.4 is 21.7 Å². The number of amides is 3. The van der Waals surface area contributed by atoms with E-state index in [0.29, 0.717) is 11.3 Å². The lowest BCUT2D eigenvalue weighted by atomic mass is 10.0. The molecule has 0 spiro atoms. The van der Waals surface area contributed by atoms with E-state index in [1.807, 2.05) is 24.3 Å². The van der Waals surface area contributed by atoms with Crippen molar-refractivity contribution in [1.29, 1.82) is 0 Å². The van der Waals surface area contributed by atoms with Crippen LogP contribution in [-0.4, -0.2) is 79.1 Å². The zero-order chi connectivity index (χ0) is 27.1. The van der Waals surface area contributed by atoms with Crippen LogP contribution in [0.25, 0.3) is 10.9 Å². The molecule has 13 heteroatoms. The van der Waals surface area contributed by atoms with Crippen molar-refractivity contribution in [3.8, 4) is 0 Å². The van der Waals surface area contributed by atoms with Gasteiger partial charge in [0.25, 0.3) is 0 Å². The van der Waals surface area contributed by atoms with Crippen molar-refractivity contribution in [2.24, 2.45) is 5.73 Å². The number of carbonyl (C=O) groups is 4. The fourth-order valence-corrected chi connectivity index (χ4v) is 3.77. The number of carboxylic acid groups (broad SMARTS) is 1. The Labute approximate surface area is 212 Å². The maximum Gasteiger partial charge on any atom is 0.328 e. The molecular weight excluding hydrogens is 482 g/mol. The number of benzene rings is 1.